The Hall–Kier alpha value is -2.51. The number of hydrogen-bond acceptors (Lipinski definition) is 6. The number of methoxy groups -OCH3 is 1. The van der Waals surface area contributed by atoms with E-state index in [4.69, 9.17) is 9.47 Å². The maximum atomic E-state index is 12.3. The lowest BCUT2D eigenvalue weighted by Gasteiger charge is -2.29. The number of aromatic nitrogens is 2. The van der Waals surface area contributed by atoms with Gasteiger partial charge in [-0.05, 0) is 42.5 Å². The molecule has 0 aliphatic carbocycles. The Kier molecular flexibility index (Phi) is 5.31. The van der Waals surface area contributed by atoms with Crippen molar-refractivity contribution >= 4 is 11.6 Å². The first-order chi connectivity index (χ1) is 13.2. The number of nitrogens with zero attached hydrogens (tertiary/aromatic N) is 3. The van der Waals surface area contributed by atoms with Gasteiger partial charge in [0.05, 0.1) is 7.11 Å². The van der Waals surface area contributed by atoms with Gasteiger partial charge in [-0.25, -0.2) is 9.97 Å². The summed E-state index contributed by atoms with van der Waals surface area (Å²) in [6, 6.07) is 6.57. The van der Waals surface area contributed by atoms with E-state index in [1.807, 2.05) is 6.07 Å². The summed E-state index contributed by atoms with van der Waals surface area (Å²) in [6.45, 7) is 3.29. The number of hydrogen-bond donors (Lipinski definition) is 1. The molecular formula is C20H24N4O3. The summed E-state index contributed by atoms with van der Waals surface area (Å²) in [6.07, 6.45) is 6.04. The number of anilines is 1. The summed E-state index contributed by atoms with van der Waals surface area (Å²) in [5.41, 5.74) is 4.49. The Morgan fingerprint density at radius 2 is 2.19 bits per heavy atom. The minimum Gasteiger partial charge on any atom is -0.467 e. The molecule has 2 aromatic rings. The van der Waals surface area contributed by atoms with Crippen LogP contribution in [0.4, 0.5) is 5.69 Å². The van der Waals surface area contributed by atoms with Crippen LogP contribution in [0, 0.1) is 0 Å². The van der Waals surface area contributed by atoms with E-state index in [1.54, 1.807) is 19.5 Å². The number of ether oxygens (including phenoxy) is 2. The summed E-state index contributed by atoms with van der Waals surface area (Å²) in [5, 5.41) is 2.99. The van der Waals surface area contributed by atoms with Crippen molar-refractivity contribution in [1.29, 1.82) is 0 Å². The highest BCUT2D eigenvalue weighted by Gasteiger charge is 2.24. The van der Waals surface area contributed by atoms with Gasteiger partial charge in [0.15, 0.2) is 0 Å². The van der Waals surface area contributed by atoms with Gasteiger partial charge in [0.25, 0.3) is 5.91 Å². The standard InChI is InChI=1S/C20H24N4O3/c1-26-20-21-10-14(11-22-20)12-24-7-6-15-4-5-17(9-16(15)13-24)23-19(25)18-3-2-8-27-18/h4-5,9-11,18H,2-3,6-8,12-13H2,1H3,(H,23,25). The smallest absolute Gasteiger partial charge is 0.316 e. The third-order valence-corrected chi connectivity index (χ3v) is 5.06. The molecule has 7 heteroatoms. The summed E-state index contributed by atoms with van der Waals surface area (Å²) >= 11 is 0. The number of amides is 1. The fourth-order valence-corrected chi connectivity index (χ4v) is 3.62. The van der Waals surface area contributed by atoms with Gasteiger partial charge in [0.1, 0.15) is 6.10 Å². The second kappa shape index (κ2) is 8.02. The zero-order valence-corrected chi connectivity index (χ0v) is 15.5. The predicted octanol–water partition coefficient (Wildman–Crippen LogP) is 2.16. The molecular weight excluding hydrogens is 344 g/mol. The molecule has 0 saturated carbocycles. The average molecular weight is 368 g/mol. The highest BCUT2D eigenvalue weighted by Crippen LogP contribution is 2.24. The van der Waals surface area contributed by atoms with E-state index in [0.29, 0.717) is 12.6 Å². The first-order valence-corrected chi connectivity index (χ1v) is 9.33. The molecule has 27 heavy (non-hydrogen) atoms. The molecule has 1 aromatic heterocycles. The first-order valence-electron chi connectivity index (χ1n) is 9.33. The maximum absolute atomic E-state index is 12.3. The van der Waals surface area contributed by atoms with Crippen molar-refractivity contribution in [3.05, 3.63) is 47.3 Å². The van der Waals surface area contributed by atoms with Crippen LogP contribution in [0.25, 0.3) is 0 Å². The Morgan fingerprint density at radius 1 is 1.33 bits per heavy atom. The minimum absolute atomic E-state index is 0.0458. The Bertz CT molecular complexity index is 803. The van der Waals surface area contributed by atoms with Crippen molar-refractivity contribution in [2.45, 2.75) is 38.5 Å². The van der Waals surface area contributed by atoms with Crippen LogP contribution >= 0.6 is 0 Å². The van der Waals surface area contributed by atoms with E-state index >= 15 is 0 Å². The minimum atomic E-state index is -0.312. The zero-order chi connectivity index (χ0) is 18.6. The third kappa shape index (κ3) is 4.26. The van der Waals surface area contributed by atoms with E-state index in [1.165, 1.54) is 11.1 Å². The van der Waals surface area contributed by atoms with Crippen LogP contribution in [0.1, 0.15) is 29.5 Å². The van der Waals surface area contributed by atoms with Gasteiger partial charge >= 0.3 is 6.01 Å². The van der Waals surface area contributed by atoms with Gasteiger partial charge < -0.3 is 14.8 Å². The molecule has 1 atom stereocenters. The monoisotopic (exact) mass is 368 g/mol. The second-order valence-electron chi connectivity index (χ2n) is 7.01. The van der Waals surface area contributed by atoms with E-state index in [0.717, 1.165) is 50.1 Å². The average Bonchev–Trinajstić information content (AvgIpc) is 3.23. The molecule has 4 rings (SSSR count). The highest BCUT2D eigenvalue weighted by atomic mass is 16.5. The molecule has 0 spiro atoms. The molecule has 3 heterocycles. The van der Waals surface area contributed by atoms with E-state index in [9.17, 15) is 4.79 Å². The molecule has 7 nitrogen and oxygen atoms in total. The SMILES string of the molecule is COc1ncc(CN2CCc3ccc(NC(=O)C4CCCO4)cc3C2)cn1. The van der Waals surface area contributed by atoms with Crippen LogP contribution in [0.2, 0.25) is 0 Å². The summed E-state index contributed by atoms with van der Waals surface area (Å²) in [5.74, 6) is -0.0458. The van der Waals surface area contributed by atoms with Gasteiger partial charge in [-0.1, -0.05) is 6.07 Å². The molecule has 2 aliphatic heterocycles. The topological polar surface area (TPSA) is 76.6 Å². The van der Waals surface area contributed by atoms with Gasteiger partial charge in [0, 0.05) is 49.9 Å². The normalized spacial score (nSPS) is 19.5. The lowest BCUT2D eigenvalue weighted by molar-refractivity contribution is -0.124. The number of fused-ring (bicyclic) bond motifs is 1. The largest absolute Gasteiger partial charge is 0.467 e. The first kappa shape index (κ1) is 17.9. The number of rotatable bonds is 5. The van der Waals surface area contributed by atoms with Crippen LogP contribution in [0.3, 0.4) is 0 Å². The van der Waals surface area contributed by atoms with Gasteiger partial charge in [0.2, 0.25) is 0 Å². The molecule has 1 fully saturated rings. The van der Waals surface area contributed by atoms with Gasteiger partial charge in [-0.15, -0.1) is 0 Å². The molecule has 0 bridgehead atoms. The summed E-state index contributed by atoms with van der Waals surface area (Å²) in [7, 11) is 1.56. The third-order valence-electron chi connectivity index (χ3n) is 5.06. The second-order valence-corrected chi connectivity index (χ2v) is 7.01. The van der Waals surface area contributed by atoms with Crippen molar-refractivity contribution in [3.8, 4) is 6.01 Å². The van der Waals surface area contributed by atoms with Crippen molar-refractivity contribution in [2.24, 2.45) is 0 Å². The van der Waals surface area contributed by atoms with Crippen LogP contribution in [-0.4, -0.2) is 47.1 Å². The van der Waals surface area contributed by atoms with E-state index in [-0.39, 0.29) is 12.0 Å². The Balaban J connectivity index is 1.40. The fraction of sp³-hybridized carbons (Fsp3) is 0.450. The lowest BCUT2D eigenvalue weighted by Crippen LogP contribution is -2.30. The molecule has 1 unspecified atom stereocenters. The maximum Gasteiger partial charge on any atom is 0.316 e. The van der Waals surface area contributed by atoms with Crippen molar-refractivity contribution in [1.82, 2.24) is 14.9 Å². The molecule has 142 valence electrons. The molecule has 1 amide bonds. The molecule has 1 N–H and O–H groups in total. The molecule has 1 saturated heterocycles. The zero-order valence-electron chi connectivity index (χ0n) is 15.5. The van der Waals surface area contributed by atoms with E-state index < -0.39 is 0 Å². The van der Waals surface area contributed by atoms with Crippen molar-refractivity contribution in [3.63, 3.8) is 0 Å². The van der Waals surface area contributed by atoms with Gasteiger partial charge in [-0.2, -0.15) is 0 Å². The van der Waals surface area contributed by atoms with Gasteiger partial charge in [-0.3, -0.25) is 9.69 Å². The predicted molar refractivity (Wildman–Crippen MR) is 100 cm³/mol. The highest BCUT2D eigenvalue weighted by molar-refractivity contribution is 5.94. The van der Waals surface area contributed by atoms with E-state index in [2.05, 4.69) is 32.3 Å². The summed E-state index contributed by atoms with van der Waals surface area (Å²) in [4.78, 5) is 23.0. The van der Waals surface area contributed by atoms with Crippen LogP contribution in [0.5, 0.6) is 6.01 Å². The van der Waals surface area contributed by atoms with Crippen molar-refractivity contribution < 1.29 is 14.3 Å². The molecule has 1 aromatic carbocycles. The quantitative estimate of drug-likeness (QED) is 0.872. The van der Waals surface area contributed by atoms with Crippen LogP contribution in [0.15, 0.2) is 30.6 Å². The Morgan fingerprint density at radius 3 is 2.93 bits per heavy atom. The molecule has 0 radical (unpaired) electrons. The van der Waals surface area contributed by atoms with Crippen LogP contribution < -0.4 is 10.1 Å². The number of benzene rings is 1. The number of carbonyl (C=O) groups excluding carboxylic acids is 1. The number of carbonyl (C=O) groups is 1. The van der Waals surface area contributed by atoms with Crippen LogP contribution in [-0.2, 0) is 29.0 Å². The Labute approximate surface area is 158 Å². The number of nitrogens with one attached hydrogen (secondary N) is 1. The fourth-order valence-electron chi connectivity index (χ4n) is 3.62. The molecule has 2 aliphatic rings. The van der Waals surface area contributed by atoms with Crippen molar-refractivity contribution in [2.75, 3.05) is 25.6 Å². The lowest BCUT2D eigenvalue weighted by atomic mass is 9.98. The summed E-state index contributed by atoms with van der Waals surface area (Å²) < 4.78 is 10.5.